The zero-order valence-corrected chi connectivity index (χ0v) is 13.1. The second-order valence-electron chi connectivity index (χ2n) is 5.11. The summed E-state index contributed by atoms with van der Waals surface area (Å²) in [5.74, 6) is -0.803. The molecule has 0 saturated carbocycles. The number of carboxylic acids is 1. The van der Waals surface area contributed by atoms with Gasteiger partial charge in [0.1, 0.15) is 5.25 Å². The molecule has 120 valence electrons. The molecule has 6 nitrogen and oxygen atoms in total. The van der Waals surface area contributed by atoms with E-state index < -0.39 is 11.2 Å². The van der Waals surface area contributed by atoms with Crippen molar-refractivity contribution < 1.29 is 15.1 Å². The summed E-state index contributed by atoms with van der Waals surface area (Å²) < 4.78 is 0. The zero-order chi connectivity index (χ0) is 15.8. The van der Waals surface area contributed by atoms with Crippen molar-refractivity contribution in [1.82, 2.24) is 15.4 Å². The van der Waals surface area contributed by atoms with Crippen LogP contribution in [0.3, 0.4) is 0 Å². The second-order valence-corrected chi connectivity index (χ2v) is 6.31. The number of para-hydroxylation sites is 2. The van der Waals surface area contributed by atoms with Crippen molar-refractivity contribution >= 4 is 28.8 Å². The Balaban J connectivity index is 1.84. The lowest BCUT2D eigenvalue weighted by atomic mass is 10.1. The lowest BCUT2D eigenvalue weighted by Crippen LogP contribution is -2.16. The van der Waals surface area contributed by atoms with Crippen molar-refractivity contribution in [2.24, 2.45) is 0 Å². The van der Waals surface area contributed by atoms with E-state index in [1.54, 1.807) is 0 Å². The van der Waals surface area contributed by atoms with Gasteiger partial charge in [-0.25, -0.2) is 10.5 Å². The first-order valence-electron chi connectivity index (χ1n) is 7.42. The van der Waals surface area contributed by atoms with Gasteiger partial charge in [-0.3, -0.25) is 4.79 Å². The highest BCUT2D eigenvalue weighted by atomic mass is 32.2. The van der Waals surface area contributed by atoms with Crippen LogP contribution in [0.15, 0.2) is 29.4 Å². The van der Waals surface area contributed by atoms with E-state index in [2.05, 4.69) is 15.4 Å². The van der Waals surface area contributed by atoms with Crippen LogP contribution < -0.4 is 5.48 Å². The topological polar surface area (TPSA) is 98.2 Å². The van der Waals surface area contributed by atoms with Crippen LogP contribution in [0.1, 0.15) is 32.1 Å². The number of rotatable bonds is 10. The molecule has 1 aromatic heterocycles. The molecule has 0 aliphatic rings. The number of unbranched alkanes of at least 4 members (excludes halogenated alkanes) is 3. The number of nitrogens with one attached hydrogen (secondary N) is 2. The molecule has 2 aromatic rings. The highest BCUT2D eigenvalue weighted by Gasteiger charge is 2.20. The normalized spacial score (nSPS) is 12.6. The van der Waals surface area contributed by atoms with Crippen molar-refractivity contribution in [3.8, 4) is 0 Å². The summed E-state index contributed by atoms with van der Waals surface area (Å²) in [6.45, 7) is 0.579. The Kier molecular flexibility index (Phi) is 6.70. The number of fused-ring (bicyclic) bond motifs is 1. The minimum Gasteiger partial charge on any atom is -0.480 e. The molecule has 7 heteroatoms. The van der Waals surface area contributed by atoms with E-state index in [-0.39, 0.29) is 0 Å². The molecule has 0 aliphatic heterocycles. The third-order valence-electron chi connectivity index (χ3n) is 3.40. The number of aromatic amines is 1. The number of hydrogen-bond donors (Lipinski definition) is 4. The van der Waals surface area contributed by atoms with Gasteiger partial charge in [-0.2, -0.15) is 0 Å². The molecule has 0 radical (unpaired) electrons. The van der Waals surface area contributed by atoms with Crippen LogP contribution in [0, 0.1) is 0 Å². The van der Waals surface area contributed by atoms with Gasteiger partial charge in [0.25, 0.3) is 0 Å². The summed E-state index contributed by atoms with van der Waals surface area (Å²) >= 11 is 1.27. The Bertz CT molecular complexity index is 569. The summed E-state index contributed by atoms with van der Waals surface area (Å²) in [4.78, 5) is 18.9. The lowest BCUT2D eigenvalue weighted by molar-refractivity contribution is -0.136. The van der Waals surface area contributed by atoms with E-state index in [1.807, 2.05) is 24.3 Å². The van der Waals surface area contributed by atoms with Gasteiger partial charge in [-0.1, -0.05) is 43.2 Å². The van der Waals surface area contributed by atoms with Crippen LogP contribution in [-0.2, 0) is 4.79 Å². The third kappa shape index (κ3) is 5.01. The van der Waals surface area contributed by atoms with Gasteiger partial charge in [0.05, 0.1) is 11.0 Å². The minimum atomic E-state index is -0.803. The van der Waals surface area contributed by atoms with Gasteiger partial charge in [0.15, 0.2) is 5.16 Å². The summed E-state index contributed by atoms with van der Waals surface area (Å²) in [5, 5.41) is 18.0. The van der Waals surface area contributed by atoms with Crippen LogP contribution in [0.2, 0.25) is 0 Å². The standard InChI is InChI=1S/C15H21N3O3S/c19-14(20)13(9-3-1-2-6-10-16-21)22-15-17-11-7-4-5-8-12(11)18-15/h4-5,7-8,13,16,21H,1-3,6,9-10H2,(H,17,18)(H,19,20). The Morgan fingerprint density at radius 3 is 2.77 bits per heavy atom. The highest BCUT2D eigenvalue weighted by molar-refractivity contribution is 8.00. The Morgan fingerprint density at radius 2 is 2.05 bits per heavy atom. The van der Waals surface area contributed by atoms with Gasteiger partial charge in [0.2, 0.25) is 0 Å². The minimum absolute atomic E-state index is 0.489. The van der Waals surface area contributed by atoms with Crippen molar-refractivity contribution in [3.05, 3.63) is 24.3 Å². The predicted octanol–water partition coefficient (Wildman–Crippen LogP) is 3.04. The van der Waals surface area contributed by atoms with E-state index in [0.29, 0.717) is 18.1 Å². The highest BCUT2D eigenvalue weighted by Crippen LogP contribution is 2.27. The van der Waals surface area contributed by atoms with Gasteiger partial charge in [0, 0.05) is 6.54 Å². The summed E-state index contributed by atoms with van der Waals surface area (Å²) in [6, 6.07) is 7.66. The van der Waals surface area contributed by atoms with Gasteiger partial charge < -0.3 is 15.3 Å². The lowest BCUT2D eigenvalue weighted by Gasteiger charge is -2.09. The van der Waals surface area contributed by atoms with E-state index in [1.165, 1.54) is 11.8 Å². The van der Waals surface area contributed by atoms with Crippen molar-refractivity contribution in [1.29, 1.82) is 0 Å². The molecule has 4 N–H and O–H groups in total. The number of carboxylic acid groups (broad SMARTS) is 1. The molecule has 1 atom stereocenters. The number of thioether (sulfide) groups is 1. The van der Waals surface area contributed by atoms with Crippen molar-refractivity contribution in [2.75, 3.05) is 6.54 Å². The summed E-state index contributed by atoms with van der Waals surface area (Å²) in [5.41, 5.74) is 3.89. The zero-order valence-electron chi connectivity index (χ0n) is 12.3. The smallest absolute Gasteiger partial charge is 0.317 e. The van der Waals surface area contributed by atoms with Crippen molar-refractivity contribution in [3.63, 3.8) is 0 Å². The summed E-state index contributed by atoms with van der Waals surface area (Å²) in [7, 11) is 0. The van der Waals surface area contributed by atoms with E-state index in [9.17, 15) is 9.90 Å². The number of hydrogen-bond acceptors (Lipinski definition) is 5. The van der Waals surface area contributed by atoms with E-state index >= 15 is 0 Å². The maximum atomic E-state index is 11.4. The van der Waals surface area contributed by atoms with Crippen molar-refractivity contribution in [2.45, 2.75) is 42.5 Å². The number of carbonyl (C=O) groups is 1. The molecule has 0 fully saturated rings. The molecule has 1 unspecified atom stereocenters. The molecule has 0 amide bonds. The number of aromatic nitrogens is 2. The maximum Gasteiger partial charge on any atom is 0.317 e. The molecule has 0 bridgehead atoms. The second kappa shape index (κ2) is 8.77. The molecule has 1 heterocycles. The fraction of sp³-hybridized carbons (Fsp3) is 0.467. The van der Waals surface area contributed by atoms with Gasteiger partial charge in [-0.05, 0) is 25.0 Å². The fourth-order valence-corrected chi connectivity index (χ4v) is 3.21. The Hall–Kier alpha value is -1.57. The fourth-order valence-electron chi connectivity index (χ4n) is 2.24. The van der Waals surface area contributed by atoms with Crippen LogP contribution >= 0.6 is 11.8 Å². The molecule has 2 rings (SSSR count). The average molecular weight is 323 g/mol. The first-order chi connectivity index (χ1) is 10.7. The van der Waals surface area contributed by atoms with Crippen LogP contribution in [-0.4, -0.2) is 38.0 Å². The Labute approximate surface area is 133 Å². The molecule has 0 spiro atoms. The number of nitrogens with zero attached hydrogens (tertiary/aromatic N) is 1. The predicted molar refractivity (Wildman–Crippen MR) is 86.2 cm³/mol. The first-order valence-corrected chi connectivity index (χ1v) is 8.30. The largest absolute Gasteiger partial charge is 0.480 e. The van der Waals surface area contributed by atoms with Gasteiger partial charge >= 0.3 is 5.97 Å². The Morgan fingerprint density at radius 1 is 1.27 bits per heavy atom. The number of imidazole rings is 1. The van der Waals surface area contributed by atoms with E-state index in [0.717, 1.165) is 36.7 Å². The number of hydroxylamine groups is 1. The van der Waals surface area contributed by atoms with Crippen LogP contribution in [0.5, 0.6) is 0 Å². The molecular weight excluding hydrogens is 302 g/mol. The maximum absolute atomic E-state index is 11.4. The molecular formula is C15H21N3O3S. The quantitative estimate of drug-likeness (QED) is 0.305. The monoisotopic (exact) mass is 323 g/mol. The van der Waals surface area contributed by atoms with Crippen LogP contribution in [0.25, 0.3) is 11.0 Å². The molecule has 0 aliphatic carbocycles. The third-order valence-corrected chi connectivity index (χ3v) is 4.54. The average Bonchev–Trinajstić information content (AvgIpc) is 2.91. The molecule has 0 saturated heterocycles. The van der Waals surface area contributed by atoms with E-state index in [4.69, 9.17) is 5.21 Å². The SMILES string of the molecule is O=C(O)C(CCCCCCNO)Sc1nc2ccccc2[nH]1. The number of H-pyrrole nitrogens is 1. The molecule has 22 heavy (non-hydrogen) atoms. The first kappa shape index (κ1) is 16.8. The number of benzene rings is 1. The van der Waals surface area contributed by atoms with Gasteiger partial charge in [-0.15, -0.1) is 0 Å². The molecule has 1 aromatic carbocycles. The van der Waals surface area contributed by atoms with Crippen LogP contribution in [0.4, 0.5) is 0 Å². The summed E-state index contributed by atoms with van der Waals surface area (Å²) in [6.07, 6.45) is 4.31. The number of aliphatic carboxylic acids is 1.